The quantitative estimate of drug-likeness (QED) is 0.565. The highest BCUT2D eigenvalue weighted by Gasteiger charge is 2.85. The predicted octanol–water partition coefficient (Wildman–Crippen LogP) is 2.52. The second-order valence-corrected chi connectivity index (χ2v) is 6.01. The van der Waals surface area contributed by atoms with Crippen molar-refractivity contribution in [3.63, 3.8) is 0 Å². The Morgan fingerprint density at radius 1 is 1.33 bits per heavy atom. The summed E-state index contributed by atoms with van der Waals surface area (Å²) in [5.74, 6) is -5.04. The lowest BCUT2D eigenvalue weighted by atomic mass is 9.70. The summed E-state index contributed by atoms with van der Waals surface area (Å²) in [6.45, 7) is 10.2. The number of amides is 1. The second kappa shape index (κ2) is 5.98. The number of carbonyl (C=O) groups excluding carboxylic acids is 2. The van der Waals surface area contributed by atoms with Gasteiger partial charge in [0, 0.05) is 19.5 Å². The average Bonchev–Trinajstić information content (AvgIpc) is 2.90. The normalized spacial score (nSPS) is 33.4. The van der Waals surface area contributed by atoms with E-state index >= 15 is 8.78 Å². The zero-order valence-corrected chi connectivity index (χ0v) is 14.4. The first kappa shape index (κ1) is 18.6. The van der Waals surface area contributed by atoms with Crippen LogP contribution in [-0.4, -0.2) is 59.9 Å². The highest BCUT2D eigenvalue weighted by molar-refractivity contribution is 5.88. The van der Waals surface area contributed by atoms with Crippen molar-refractivity contribution in [2.45, 2.75) is 57.3 Å². The van der Waals surface area contributed by atoms with E-state index in [1.54, 1.807) is 13.8 Å². The maximum Gasteiger partial charge on any atom is 0.411 e. The van der Waals surface area contributed by atoms with Gasteiger partial charge >= 0.3 is 23.6 Å². The Morgan fingerprint density at radius 2 is 1.92 bits per heavy atom. The minimum atomic E-state index is -3.72. The number of rotatable bonds is 5. The lowest BCUT2D eigenvalue weighted by molar-refractivity contribution is -0.218. The zero-order valence-electron chi connectivity index (χ0n) is 14.4. The van der Waals surface area contributed by atoms with Crippen LogP contribution >= 0.6 is 0 Å². The first-order valence-electron chi connectivity index (χ1n) is 8.01. The third-order valence-corrected chi connectivity index (χ3v) is 4.85. The minimum Gasteiger partial charge on any atom is -0.463 e. The van der Waals surface area contributed by atoms with Gasteiger partial charge in [0.1, 0.15) is 11.7 Å². The Bertz CT molecular complexity index is 563. The van der Waals surface area contributed by atoms with Gasteiger partial charge in [0.15, 0.2) is 0 Å². The minimum absolute atomic E-state index is 0.104. The van der Waals surface area contributed by atoms with Crippen LogP contribution in [0, 0.1) is 0 Å². The van der Waals surface area contributed by atoms with Gasteiger partial charge in [-0.1, -0.05) is 6.58 Å². The Labute approximate surface area is 139 Å². The van der Waals surface area contributed by atoms with E-state index in [-0.39, 0.29) is 31.7 Å². The van der Waals surface area contributed by atoms with E-state index in [1.165, 1.54) is 18.7 Å². The molecule has 0 spiro atoms. The number of nitrogens with zero attached hydrogens (tertiary/aromatic N) is 1. The highest BCUT2D eigenvalue weighted by Crippen LogP contribution is 2.62. The fraction of sp³-hybridized carbons (Fsp3) is 0.750. The summed E-state index contributed by atoms with van der Waals surface area (Å²) >= 11 is 0. The molecule has 2 rings (SSSR count). The maximum absolute atomic E-state index is 15.0. The lowest BCUT2D eigenvalue weighted by Crippen LogP contribution is -2.69. The van der Waals surface area contributed by atoms with E-state index < -0.39 is 35.3 Å². The molecule has 0 radical (unpaired) electrons. The number of fused-ring (bicyclic) bond motifs is 2. The van der Waals surface area contributed by atoms with Gasteiger partial charge in [-0.25, -0.2) is 9.59 Å². The van der Waals surface area contributed by atoms with Crippen LogP contribution in [-0.2, 0) is 19.0 Å². The van der Waals surface area contributed by atoms with E-state index in [9.17, 15) is 9.59 Å². The summed E-state index contributed by atoms with van der Waals surface area (Å²) in [7, 11) is 0. The Morgan fingerprint density at radius 3 is 2.38 bits per heavy atom. The topological polar surface area (TPSA) is 65.1 Å². The number of ether oxygens (including phenoxy) is 3. The van der Waals surface area contributed by atoms with Crippen molar-refractivity contribution in [2.24, 2.45) is 0 Å². The summed E-state index contributed by atoms with van der Waals surface area (Å²) in [4.78, 5) is 26.1. The van der Waals surface area contributed by atoms with Gasteiger partial charge in [-0.15, -0.1) is 0 Å². The van der Waals surface area contributed by atoms with Crippen molar-refractivity contribution >= 4 is 12.1 Å². The van der Waals surface area contributed by atoms with Gasteiger partial charge in [0.05, 0.1) is 6.61 Å². The van der Waals surface area contributed by atoms with Crippen molar-refractivity contribution in [1.29, 1.82) is 0 Å². The molecule has 0 aromatic carbocycles. The van der Waals surface area contributed by atoms with Gasteiger partial charge in [0.25, 0.3) is 0 Å². The SMILES string of the molecule is C=C1C[C@H]2O[C@]1(C)[C@](OC(=O)N(CC)CC)(C(=O)OCC)C2(F)F. The molecule has 136 valence electrons. The molecule has 8 heteroatoms. The summed E-state index contributed by atoms with van der Waals surface area (Å²) in [5, 5.41) is 0. The summed E-state index contributed by atoms with van der Waals surface area (Å²) in [6, 6.07) is 0. The number of hydrogen-bond donors (Lipinski definition) is 0. The van der Waals surface area contributed by atoms with Crippen molar-refractivity contribution < 1.29 is 32.6 Å². The molecule has 2 heterocycles. The van der Waals surface area contributed by atoms with Crippen LogP contribution in [0.1, 0.15) is 34.1 Å². The Hall–Kier alpha value is -1.70. The maximum atomic E-state index is 15.0. The molecule has 0 aliphatic carbocycles. The second-order valence-electron chi connectivity index (χ2n) is 6.01. The van der Waals surface area contributed by atoms with Crippen LogP contribution < -0.4 is 0 Å². The predicted molar refractivity (Wildman–Crippen MR) is 80.7 cm³/mol. The van der Waals surface area contributed by atoms with Gasteiger partial charge in [-0.05, 0) is 33.3 Å². The number of esters is 1. The summed E-state index contributed by atoms with van der Waals surface area (Å²) in [5.41, 5.74) is -4.44. The fourth-order valence-corrected chi connectivity index (χ4v) is 3.35. The van der Waals surface area contributed by atoms with Crippen LogP contribution in [0.3, 0.4) is 0 Å². The molecule has 0 N–H and O–H groups in total. The molecule has 24 heavy (non-hydrogen) atoms. The average molecular weight is 347 g/mol. The van der Waals surface area contributed by atoms with Gasteiger partial charge in [0.2, 0.25) is 0 Å². The van der Waals surface area contributed by atoms with Crippen LogP contribution in [0.15, 0.2) is 12.2 Å². The first-order chi connectivity index (χ1) is 11.1. The van der Waals surface area contributed by atoms with Gasteiger partial charge in [-0.2, -0.15) is 8.78 Å². The molecule has 3 atom stereocenters. The Balaban J connectivity index is 2.54. The van der Waals surface area contributed by atoms with E-state index in [4.69, 9.17) is 14.2 Å². The molecule has 0 aromatic rings. The number of alkyl halides is 2. The molecule has 2 aliphatic heterocycles. The molecule has 2 aliphatic rings. The third kappa shape index (κ3) is 2.15. The molecule has 1 amide bonds. The molecule has 0 aromatic heterocycles. The largest absolute Gasteiger partial charge is 0.463 e. The van der Waals surface area contributed by atoms with E-state index in [0.717, 1.165) is 0 Å². The highest BCUT2D eigenvalue weighted by atomic mass is 19.3. The molecule has 2 bridgehead atoms. The third-order valence-electron chi connectivity index (χ3n) is 4.85. The van der Waals surface area contributed by atoms with Crippen LogP contribution in [0.5, 0.6) is 0 Å². The van der Waals surface area contributed by atoms with Crippen LogP contribution in [0.4, 0.5) is 13.6 Å². The van der Waals surface area contributed by atoms with Crippen molar-refractivity contribution in [2.75, 3.05) is 19.7 Å². The molecule has 2 fully saturated rings. The van der Waals surface area contributed by atoms with E-state index in [0.29, 0.717) is 0 Å². The van der Waals surface area contributed by atoms with Crippen LogP contribution in [0.25, 0.3) is 0 Å². The standard InChI is InChI=1S/C16H23F2NO5/c1-6-19(7-2)13(21)24-15(12(20)22-8-3)14(5)10(4)9-11(23-14)16(15,17)18/h11H,4,6-9H2,1-3,5H3/t11-,14+,15-/m1/s1. The molecule has 0 saturated carbocycles. The summed E-state index contributed by atoms with van der Waals surface area (Å²) < 4.78 is 45.4. The van der Waals surface area contributed by atoms with Crippen LogP contribution in [0.2, 0.25) is 0 Å². The van der Waals surface area contributed by atoms with E-state index in [1.807, 2.05) is 0 Å². The monoisotopic (exact) mass is 347 g/mol. The molecule has 6 nitrogen and oxygen atoms in total. The lowest BCUT2D eigenvalue weighted by Gasteiger charge is -2.43. The smallest absolute Gasteiger partial charge is 0.411 e. The molecule has 0 unspecified atom stereocenters. The van der Waals surface area contributed by atoms with E-state index in [2.05, 4.69) is 6.58 Å². The Kier molecular flexibility index (Phi) is 4.65. The van der Waals surface area contributed by atoms with Gasteiger partial charge < -0.3 is 19.1 Å². The van der Waals surface area contributed by atoms with Crippen molar-refractivity contribution in [3.05, 3.63) is 12.2 Å². The summed E-state index contributed by atoms with van der Waals surface area (Å²) in [6.07, 6.45) is -2.70. The number of hydrogen-bond acceptors (Lipinski definition) is 5. The van der Waals surface area contributed by atoms with Crippen molar-refractivity contribution in [3.8, 4) is 0 Å². The molecular formula is C16H23F2NO5. The fourth-order valence-electron chi connectivity index (χ4n) is 3.35. The van der Waals surface area contributed by atoms with Gasteiger partial charge in [-0.3, -0.25) is 0 Å². The first-order valence-corrected chi connectivity index (χ1v) is 8.01. The van der Waals surface area contributed by atoms with Crippen molar-refractivity contribution in [1.82, 2.24) is 4.90 Å². The number of halogens is 2. The zero-order chi connectivity index (χ0) is 18.3. The molecule has 2 saturated heterocycles. The molecular weight excluding hydrogens is 324 g/mol. The number of carbonyl (C=O) groups is 2.